The molecule has 0 aromatic heterocycles. The van der Waals surface area contributed by atoms with Gasteiger partial charge in [0, 0.05) is 19.9 Å². The lowest BCUT2D eigenvalue weighted by Gasteiger charge is -2.11. The smallest absolute Gasteiger partial charge is 0.163 e. The first-order valence-electron chi connectivity index (χ1n) is 10.2. The molecule has 0 saturated heterocycles. The van der Waals surface area contributed by atoms with Gasteiger partial charge in [-0.05, 0) is 54.5 Å². The Morgan fingerprint density at radius 3 is 2.11 bits per heavy atom. The van der Waals surface area contributed by atoms with Crippen molar-refractivity contribution in [3.8, 4) is 0 Å². The summed E-state index contributed by atoms with van der Waals surface area (Å²) in [6.07, 6.45) is 4.05. The fourth-order valence-corrected chi connectivity index (χ4v) is 3.27. The van der Waals surface area contributed by atoms with Crippen molar-refractivity contribution in [3.05, 3.63) is 70.8 Å². The quantitative estimate of drug-likeness (QED) is 0.527. The number of nitrogens with zero attached hydrogens (tertiary/aromatic N) is 1. The fraction of sp³-hybridized carbons (Fsp3) is 0.440. The molecule has 0 amide bonds. The van der Waals surface area contributed by atoms with E-state index in [4.69, 9.17) is 4.74 Å². The summed E-state index contributed by atoms with van der Waals surface area (Å²) in [4.78, 5) is 15.4. The number of carbonyl (C=O) groups is 1. The largest absolute Gasteiger partial charge is 0.369 e. The Kier molecular flexibility index (Phi) is 11.0. The summed E-state index contributed by atoms with van der Waals surface area (Å²) in [7, 11) is 3.43. The average molecular weight is 382 g/mol. The summed E-state index contributed by atoms with van der Waals surface area (Å²) in [5.41, 5.74) is 6.39. The first-order valence-corrected chi connectivity index (χ1v) is 10.2. The molecule has 0 radical (unpaired) electrons. The molecule has 0 spiro atoms. The van der Waals surface area contributed by atoms with Gasteiger partial charge in [0.05, 0.1) is 0 Å². The number of hydrogen-bond donors (Lipinski definition) is 0. The average Bonchev–Trinajstić information content (AvgIpc) is 2.73. The maximum atomic E-state index is 11.1. The van der Waals surface area contributed by atoms with Gasteiger partial charge in [0.25, 0.3) is 0 Å². The molecule has 1 atom stereocenters. The number of aryl methyl sites for hydroxylation is 2. The molecule has 3 heteroatoms. The van der Waals surface area contributed by atoms with Gasteiger partial charge in [-0.2, -0.15) is 0 Å². The molecule has 1 unspecified atom stereocenters. The summed E-state index contributed by atoms with van der Waals surface area (Å²) in [5, 5.41) is 0. The predicted octanol–water partition coefficient (Wildman–Crippen LogP) is 5.99. The number of hydrogen-bond acceptors (Lipinski definition) is 3. The van der Waals surface area contributed by atoms with Crippen molar-refractivity contribution in [2.75, 3.05) is 14.2 Å². The molecule has 2 aromatic carbocycles. The number of rotatable bonds is 8. The monoisotopic (exact) mass is 381 g/mol. The van der Waals surface area contributed by atoms with Gasteiger partial charge in [-0.25, -0.2) is 0 Å². The lowest BCUT2D eigenvalue weighted by Crippen LogP contribution is -2.10. The molecule has 152 valence electrons. The standard InChI is InChI=1S/C15H23N.C10H12O2/c1-5-8-15(16-4)14-10-9-12(6-2)13(7-3)11-14;1-8(11)10(12-2)9-6-4-3-5-7-9/h9-11H,5-8H2,1-4H3;3-7,10H,1-2H3. The minimum atomic E-state index is -0.411. The minimum absolute atomic E-state index is 0.0312. The van der Waals surface area contributed by atoms with Crippen molar-refractivity contribution in [1.29, 1.82) is 0 Å². The predicted molar refractivity (Wildman–Crippen MR) is 119 cm³/mol. The Morgan fingerprint density at radius 1 is 1.00 bits per heavy atom. The summed E-state index contributed by atoms with van der Waals surface area (Å²) >= 11 is 0. The zero-order chi connectivity index (χ0) is 20.9. The normalized spacial score (nSPS) is 12.1. The van der Waals surface area contributed by atoms with Gasteiger partial charge in [0.1, 0.15) is 6.10 Å². The Morgan fingerprint density at radius 2 is 1.64 bits per heavy atom. The molecule has 0 saturated carbocycles. The van der Waals surface area contributed by atoms with Crippen LogP contribution in [0.3, 0.4) is 0 Å². The second-order valence-electron chi connectivity index (χ2n) is 6.75. The Bertz CT molecular complexity index is 750. The fourth-order valence-electron chi connectivity index (χ4n) is 3.27. The van der Waals surface area contributed by atoms with Crippen LogP contribution in [0.25, 0.3) is 0 Å². The van der Waals surface area contributed by atoms with E-state index in [0.717, 1.165) is 31.2 Å². The molecule has 2 aromatic rings. The van der Waals surface area contributed by atoms with Gasteiger partial charge in [-0.1, -0.05) is 69.7 Å². The highest BCUT2D eigenvalue weighted by Gasteiger charge is 2.14. The Hall–Kier alpha value is -2.26. The van der Waals surface area contributed by atoms with Gasteiger partial charge in [-0.15, -0.1) is 0 Å². The molecule has 0 aliphatic rings. The van der Waals surface area contributed by atoms with Crippen LogP contribution in [0.4, 0.5) is 0 Å². The maximum Gasteiger partial charge on any atom is 0.163 e. The minimum Gasteiger partial charge on any atom is -0.369 e. The number of benzene rings is 2. The van der Waals surface area contributed by atoms with Gasteiger partial charge < -0.3 is 4.74 Å². The zero-order valence-corrected chi connectivity index (χ0v) is 18.3. The van der Waals surface area contributed by atoms with E-state index in [0.29, 0.717) is 0 Å². The number of ether oxygens (including phenoxy) is 1. The number of aliphatic imine (C=N–C) groups is 1. The van der Waals surface area contributed by atoms with Crippen molar-refractivity contribution >= 4 is 11.5 Å². The molecule has 0 fully saturated rings. The van der Waals surface area contributed by atoms with Gasteiger partial charge in [0.2, 0.25) is 0 Å². The Labute approximate surface area is 170 Å². The molecular formula is C25H35NO2. The van der Waals surface area contributed by atoms with Crippen LogP contribution in [0.15, 0.2) is 53.5 Å². The number of ketones is 1. The van der Waals surface area contributed by atoms with E-state index in [9.17, 15) is 4.79 Å². The van der Waals surface area contributed by atoms with Crippen LogP contribution in [0.2, 0.25) is 0 Å². The first kappa shape index (κ1) is 23.8. The highest BCUT2D eigenvalue weighted by Crippen LogP contribution is 2.17. The van der Waals surface area contributed by atoms with E-state index in [1.165, 1.54) is 29.3 Å². The van der Waals surface area contributed by atoms with Crippen LogP contribution in [0, 0.1) is 0 Å². The van der Waals surface area contributed by atoms with E-state index in [-0.39, 0.29) is 5.78 Å². The number of carbonyl (C=O) groups excluding carboxylic acids is 1. The lowest BCUT2D eigenvalue weighted by atomic mass is 9.96. The van der Waals surface area contributed by atoms with Crippen molar-refractivity contribution in [2.24, 2.45) is 4.99 Å². The molecule has 3 nitrogen and oxygen atoms in total. The SMILES string of the molecule is CCCC(=NC)c1ccc(CC)c(CC)c1.COC(C(C)=O)c1ccccc1. The molecule has 0 aliphatic carbocycles. The van der Waals surface area contributed by atoms with Gasteiger partial charge in [0.15, 0.2) is 5.78 Å². The molecule has 0 aliphatic heterocycles. The van der Waals surface area contributed by atoms with Crippen LogP contribution in [-0.2, 0) is 22.4 Å². The van der Waals surface area contributed by atoms with Crippen LogP contribution in [0.5, 0.6) is 0 Å². The van der Waals surface area contributed by atoms with E-state index in [1.807, 2.05) is 37.4 Å². The highest BCUT2D eigenvalue weighted by atomic mass is 16.5. The topological polar surface area (TPSA) is 38.7 Å². The van der Waals surface area contributed by atoms with Crippen molar-refractivity contribution in [2.45, 2.75) is 59.5 Å². The number of Topliss-reactive ketones (excluding diaryl/α,β-unsaturated/α-hetero) is 1. The van der Waals surface area contributed by atoms with E-state index in [2.05, 4.69) is 44.0 Å². The molecule has 0 heterocycles. The highest BCUT2D eigenvalue weighted by molar-refractivity contribution is 6.00. The second-order valence-corrected chi connectivity index (χ2v) is 6.75. The molecule has 28 heavy (non-hydrogen) atoms. The van der Waals surface area contributed by atoms with Crippen LogP contribution < -0.4 is 0 Å². The molecular weight excluding hydrogens is 346 g/mol. The molecule has 2 rings (SSSR count). The summed E-state index contributed by atoms with van der Waals surface area (Å²) < 4.78 is 5.05. The summed E-state index contributed by atoms with van der Waals surface area (Å²) in [5.74, 6) is 0.0312. The zero-order valence-electron chi connectivity index (χ0n) is 18.3. The summed E-state index contributed by atoms with van der Waals surface area (Å²) in [6, 6.07) is 16.3. The van der Waals surface area contributed by atoms with Crippen molar-refractivity contribution in [3.63, 3.8) is 0 Å². The van der Waals surface area contributed by atoms with Crippen LogP contribution in [0.1, 0.15) is 68.9 Å². The van der Waals surface area contributed by atoms with Crippen LogP contribution in [-0.4, -0.2) is 25.7 Å². The Balaban J connectivity index is 0.000000292. The summed E-state index contributed by atoms with van der Waals surface area (Å²) in [6.45, 7) is 8.17. The first-order chi connectivity index (χ1) is 13.5. The second kappa shape index (κ2) is 13.0. The van der Waals surface area contributed by atoms with Gasteiger partial charge in [-0.3, -0.25) is 9.79 Å². The lowest BCUT2D eigenvalue weighted by molar-refractivity contribution is -0.126. The van der Waals surface area contributed by atoms with Crippen LogP contribution >= 0.6 is 0 Å². The number of methoxy groups -OCH3 is 1. The molecule has 0 bridgehead atoms. The van der Waals surface area contributed by atoms with Crippen molar-refractivity contribution in [1.82, 2.24) is 0 Å². The third-order valence-electron chi connectivity index (χ3n) is 4.77. The maximum absolute atomic E-state index is 11.1. The van der Waals surface area contributed by atoms with E-state index in [1.54, 1.807) is 7.11 Å². The third kappa shape index (κ3) is 7.05. The third-order valence-corrected chi connectivity index (χ3v) is 4.77. The van der Waals surface area contributed by atoms with Gasteiger partial charge >= 0.3 is 0 Å². The molecule has 0 N–H and O–H groups in total. The van der Waals surface area contributed by atoms with E-state index < -0.39 is 6.10 Å². The van der Waals surface area contributed by atoms with Crippen molar-refractivity contribution < 1.29 is 9.53 Å². The van der Waals surface area contributed by atoms with E-state index >= 15 is 0 Å².